The summed E-state index contributed by atoms with van der Waals surface area (Å²) in [6.45, 7) is 5.24. The molecule has 2 fully saturated rings. The molecule has 1 unspecified atom stereocenters. The average molecular weight is 319 g/mol. The zero-order valence-electron chi connectivity index (χ0n) is 13.6. The first-order valence-corrected chi connectivity index (χ1v) is 8.31. The van der Waals surface area contributed by atoms with Crippen molar-refractivity contribution in [1.82, 2.24) is 19.8 Å². The number of nitrogens with two attached hydrogens (primary N) is 1. The lowest BCUT2D eigenvalue weighted by atomic mass is 10.1. The molecule has 126 valence electrons. The quantitative estimate of drug-likeness (QED) is 0.810. The highest BCUT2D eigenvalue weighted by Crippen LogP contribution is 2.31. The van der Waals surface area contributed by atoms with E-state index in [1.807, 2.05) is 4.90 Å². The Morgan fingerprint density at radius 3 is 2.87 bits per heavy atom. The number of amides is 1. The van der Waals surface area contributed by atoms with Gasteiger partial charge in [-0.15, -0.1) is 0 Å². The zero-order valence-corrected chi connectivity index (χ0v) is 13.6. The number of aliphatic hydroxyl groups excluding tert-OH is 1. The van der Waals surface area contributed by atoms with Crippen LogP contribution in [0.15, 0.2) is 6.20 Å². The molecule has 0 aromatic carbocycles. The maximum Gasteiger partial charge on any atom is 0.257 e. The summed E-state index contributed by atoms with van der Waals surface area (Å²) in [5, 5.41) is 9.34. The monoisotopic (exact) mass is 319 g/mol. The first-order chi connectivity index (χ1) is 11.1. The second-order valence-corrected chi connectivity index (χ2v) is 6.58. The fourth-order valence-corrected chi connectivity index (χ4v) is 3.24. The Balaban J connectivity index is 1.69. The molecule has 23 heavy (non-hydrogen) atoms. The normalized spacial score (nSPS) is 22.3. The van der Waals surface area contributed by atoms with Crippen LogP contribution in [0.25, 0.3) is 0 Å². The number of rotatable bonds is 5. The van der Waals surface area contributed by atoms with Crippen molar-refractivity contribution in [2.75, 3.05) is 38.5 Å². The Morgan fingerprint density at radius 1 is 1.43 bits per heavy atom. The van der Waals surface area contributed by atoms with Crippen molar-refractivity contribution in [2.24, 2.45) is 5.92 Å². The van der Waals surface area contributed by atoms with Gasteiger partial charge in [0, 0.05) is 45.0 Å². The molecule has 0 bridgehead atoms. The summed E-state index contributed by atoms with van der Waals surface area (Å²) < 4.78 is 0. The Kier molecular flexibility index (Phi) is 4.77. The summed E-state index contributed by atoms with van der Waals surface area (Å²) >= 11 is 0. The van der Waals surface area contributed by atoms with Crippen LogP contribution in [0.4, 0.5) is 5.95 Å². The number of piperazine rings is 1. The molecule has 1 saturated heterocycles. The number of carbonyl (C=O) groups excluding carboxylic acids is 1. The molecule has 7 nitrogen and oxygen atoms in total. The SMILES string of the molecule is Cc1nc(N)ncc1C(=O)N1CCN(CC2CC2)C(CCO)C1. The highest BCUT2D eigenvalue weighted by molar-refractivity contribution is 5.95. The number of hydrogen-bond donors (Lipinski definition) is 2. The molecular formula is C16H25N5O2. The summed E-state index contributed by atoms with van der Waals surface area (Å²) in [7, 11) is 0. The number of hydrogen-bond acceptors (Lipinski definition) is 6. The van der Waals surface area contributed by atoms with Crippen molar-refractivity contribution >= 4 is 11.9 Å². The molecule has 1 atom stereocenters. The van der Waals surface area contributed by atoms with Crippen LogP contribution in [-0.4, -0.2) is 69.6 Å². The summed E-state index contributed by atoms with van der Waals surface area (Å²) in [6.07, 6.45) is 4.84. The lowest BCUT2D eigenvalue weighted by Crippen LogP contribution is -2.55. The van der Waals surface area contributed by atoms with E-state index < -0.39 is 0 Å². The predicted molar refractivity (Wildman–Crippen MR) is 86.9 cm³/mol. The Hall–Kier alpha value is -1.73. The van der Waals surface area contributed by atoms with E-state index in [-0.39, 0.29) is 24.5 Å². The molecule has 3 rings (SSSR count). The molecular weight excluding hydrogens is 294 g/mol. The molecule has 2 heterocycles. The molecule has 1 saturated carbocycles. The highest BCUT2D eigenvalue weighted by atomic mass is 16.3. The molecule has 3 N–H and O–H groups in total. The molecule has 2 aliphatic rings. The summed E-state index contributed by atoms with van der Waals surface area (Å²) in [5.41, 5.74) is 6.68. The van der Waals surface area contributed by atoms with E-state index in [4.69, 9.17) is 5.73 Å². The van der Waals surface area contributed by atoms with Crippen molar-refractivity contribution in [3.05, 3.63) is 17.5 Å². The minimum atomic E-state index is -0.0449. The number of carbonyl (C=O) groups is 1. The molecule has 1 amide bonds. The number of nitrogens with zero attached hydrogens (tertiary/aromatic N) is 4. The van der Waals surface area contributed by atoms with E-state index in [1.165, 1.54) is 19.0 Å². The van der Waals surface area contributed by atoms with Crippen LogP contribution in [0, 0.1) is 12.8 Å². The molecule has 1 aromatic rings. The van der Waals surface area contributed by atoms with Gasteiger partial charge in [-0.1, -0.05) is 0 Å². The third-order valence-corrected chi connectivity index (χ3v) is 4.77. The third-order valence-electron chi connectivity index (χ3n) is 4.77. The van der Waals surface area contributed by atoms with Crippen molar-refractivity contribution in [3.8, 4) is 0 Å². The van der Waals surface area contributed by atoms with Crippen LogP contribution in [0.1, 0.15) is 35.3 Å². The Bertz CT molecular complexity index is 576. The van der Waals surface area contributed by atoms with Gasteiger partial charge in [-0.3, -0.25) is 9.69 Å². The fraction of sp³-hybridized carbons (Fsp3) is 0.688. The van der Waals surface area contributed by atoms with Crippen LogP contribution < -0.4 is 5.73 Å². The second-order valence-electron chi connectivity index (χ2n) is 6.58. The number of nitrogen functional groups attached to an aromatic ring is 1. The standard InChI is InChI=1S/C16H25N5O2/c1-11-14(8-18-16(17)19-11)15(23)21-6-5-20(9-12-2-3-12)13(10-21)4-7-22/h8,12-13,22H,2-7,9-10H2,1H3,(H2,17,18,19). The van der Waals surface area contributed by atoms with Crippen LogP contribution in [0.5, 0.6) is 0 Å². The van der Waals surface area contributed by atoms with Crippen LogP contribution in [0.3, 0.4) is 0 Å². The van der Waals surface area contributed by atoms with Crippen molar-refractivity contribution in [3.63, 3.8) is 0 Å². The van der Waals surface area contributed by atoms with Crippen LogP contribution in [-0.2, 0) is 0 Å². The van der Waals surface area contributed by atoms with E-state index >= 15 is 0 Å². The van der Waals surface area contributed by atoms with E-state index in [2.05, 4.69) is 14.9 Å². The van der Waals surface area contributed by atoms with Crippen LogP contribution >= 0.6 is 0 Å². The van der Waals surface area contributed by atoms with Crippen molar-refractivity contribution in [2.45, 2.75) is 32.2 Å². The lowest BCUT2D eigenvalue weighted by molar-refractivity contribution is 0.0406. The van der Waals surface area contributed by atoms with Gasteiger partial charge in [0.25, 0.3) is 5.91 Å². The van der Waals surface area contributed by atoms with E-state index in [9.17, 15) is 9.90 Å². The van der Waals surface area contributed by atoms with Gasteiger partial charge in [0.2, 0.25) is 5.95 Å². The van der Waals surface area contributed by atoms with Crippen molar-refractivity contribution in [1.29, 1.82) is 0 Å². The Labute approximate surface area is 136 Å². The van der Waals surface area contributed by atoms with Gasteiger partial charge >= 0.3 is 0 Å². The number of aliphatic hydroxyl groups is 1. The van der Waals surface area contributed by atoms with Crippen LogP contribution in [0.2, 0.25) is 0 Å². The van der Waals surface area contributed by atoms with E-state index in [0.717, 1.165) is 19.0 Å². The van der Waals surface area contributed by atoms with Gasteiger partial charge in [-0.2, -0.15) is 0 Å². The number of aromatic nitrogens is 2. The van der Waals surface area contributed by atoms with Gasteiger partial charge in [0.05, 0.1) is 11.3 Å². The van der Waals surface area contributed by atoms with Gasteiger partial charge in [-0.05, 0) is 32.1 Å². The minimum absolute atomic E-state index is 0.0449. The predicted octanol–water partition coefficient (Wildman–Crippen LogP) is 0.286. The minimum Gasteiger partial charge on any atom is -0.396 e. The van der Waals surface area contributed by atoms with E-state index in [1.54, 1.807) is 6.92 Å². The molecule has 1 aliphatic carbocycles. The maximum atomic E-state index is 12.7. The molecule has 0 radical (unpaired) electrons. The third kappa shape index (κ3) is 3.79. The molecule has 1 aliphatic heterocycles. The zero-order chi connectivity index (χ0) is 16.4. The van der Waals surface area contributed by atoms with Gasteiger partial charge < -0.3 is 15.7 Å². The van der Waals surface area contributed by atoms with E-state index in [0.29, 0.717) is 30.8 Å². The van der Waals surface area contributed by atoms with Gasteiger partial charge in [0.1, 0.15) is 0 Å². The topological polar surface area (TPSA) is 95.6 Å². The number of anilines is 1. The maximum absolute atomic E-state index is 12.7. The van der Waals surface area contributed by atoms with Gasteiger partial charge in [0.15, 0.2) is 0 Å². The second kappa shape index (κ2) is 6.80. The molecule has 1 aromatic heterocycles. The first kappa shape index (κ1) is 16.1. The summed E-state index contributed by atoms with van der Waals surface area (Å²) in [5.74, 6) is 0.953. The first-order valence-electron chi connectivity index (χ1n) is 8.31. The number of aryl methyl sites for hydroxylation is 1. The van der Waals surface area contributed by atoms with Gasteiger partial charge in [-0.25, -0.2) is 9.97 Å². The largest absolute Gasteiger partial charge is 0.396 e. The lowest BCUT2D eigenvalue weighted by Gasteiger charge is -2.41. The Morgan fingerprint density at radius 2 is 2.22 bits per heavy atom. The molecule has 7 heteroatoms. The molecule has 0 spiro atoms. The summed E-state index contributed by atoms with van der Waals surface area (Å²) in [6, 6.07) is 0.230. The average Bonchev–Trinajstić information content (AvgIpc) is 3.33. The summed E-state index contributed by atoms with van der Waals surface area (Å²) in [4.78, 5) is 25.1. The smallest absolute Gasteiger partial charge is 0.257 e. The highest BCUT2D eigenvalue weighted by Gasteiger charge is 2.33. The van der Waals surface area contributed by atoms with Crippen molar-refractivity contribution < 1.29 is 9.90 Å². The fourth-order valence-electron chi connectivity index (χ4n) is 3.24.